The molecule has 0 saturated carbocycles. The number of ether oxygens (including phenoxy) is 1. The van der Waals surface area contributed by atoms with Crippen molar-refractivity contribution >= 4 is 15.9 Å². The van der Waals surface area contributed by atoms with Gasteiger partial charge in [0.05, 0.1) is 19.7 Å². The van der Waals surface area contributed by atoms with Gasteiger partial charge in [-0.2, -0.15) is 4.31 Å². The largest absolute Gasteiger partial charge is 0.487 e. The summed E-state index contributed by atoms with van der Waals surface area (Å²) in [5.41, 5.74) is 1.13. The van der Waals surface area contributed by atoms with Crippen LogP contribution in [0.2, 0.25) is 0 Å². The number of nitrogens with zero attached hydrogens (tertiary/aromatic N) is 3. The SMILES string of the molecule is C[C@H]1CN([C@@H](C)CO)S(=O)(=O)c2ccc(C#Cc3ccc(F)cc3)cc2O[C@@H]1CN(C)C(=O)CN(C)C. The van der Waals surface area contributed by atoms with Gasteiger partial charge in [-0.25, -0.2) is 12.8 Å². The van der Waals surface area contributed by atoms with E-state index >= 15 is 0 Å². The summed E-state index contributed by atoms with van der Waals surface area (Å²) in [6, 6.07) is 9.71. The minimum Gasteiger partial charge on any atom is -0.487 e. The topological polar surface area (TPSA) is 90.4 Å². The molecule has 10 heteroatoms. The predicted octanol–water partition coefficient (Wildman–Crippen LogP) is 2.01. The molecule has 0 spiro atoms. The highest BCUT2D eigenvalue weighted by atomic mass is 32.2. The lowest BCUT2D eigenvalue weighted by molar-refractivity contribution is -0.132. The Bertz CT molecular complexity index is 1270. The van der Waals surface area contributed by atoms with E-state index in [9.17, 15) is 22.7 Å². The standard InChI is InChI=1S/C27H34FN3O5S/c1-19-15-31(20(2)18-32)37(34,35)26-13-10-22(7-6-21-8-11-23(28)12-9-21)14-24(26)36-25(19)16-30(5)27(33)17-29(3)4/h8-14,19-20,25,32H,15-18H2,1-5H3/t19-,20-,25+/m0/s1. The number of benzene rings is 2. The van der Waals surface area contributed by atoms with Crippen molar-refractivity contribution in [2.45, 2.75) is 30.9 Å². The molecular formula is C27H34FN3O5S. The maximum atomic E-state index is 13.6. The first-order chi connectivity index (χ1) is 17.4. The van der Waals surface area contributed by atoms with Crippen molar-refractivity contribution in [3.8, 4) is 17.6 Å². The van der Waals surface area contributed by atoms with Gasteiger partial charge in [0.2, 0.25) is 15.9 Å². The number of carbonyl (C=O) groups excluding carboxylic acids is 1. The number of fused-ring (bicyclic) bond motifs is 1. The number of amides is 1. The van der Waals surface area contributed by atoms with E-state index in [1.165, 1.54) is 22.5 Å². The number of halogens is 1. The number of hydrogen-bond donors (Lipinski definition) is 1. The molecule has 0 saturated heterocycles. The van der Waals surface area contributed by atoms with Crippen molar-refractivity contribution in [3.63, 3.8) is 0 Å². The summed E-state index contributed by atoms with van der Waals surface area (Å²) in [5.74, 6) is 5.31. The van der Waals surface area contributed by atoms with Crippen molar-refractivity contribution in [1.29, 1.82) is 0 Å². The van der Waals surface area contributed by atoms with Gasteiger partial charge in [0.25, 0.3) is 0 Å². The van der Waals surface area contributed by atoms with Crippen LogP contribution in [-0.2, 0) is 14.8 Å². The summed E-state index contributed by atoms with van der Waals surface area (Å²) < 4.78 is 48.0. The summed E-state index contributed by atoms with van der Waals surface area (Å²) in [7, 11) is 1.32. The molecule has 1 heterocycles. The van der Waals surface area contributed by atoms with Crippen molar-refractivity contribution in [2.24, 2.45) is 5.92 Å². The number of carbonyl (C=O) groups is 1. The zero-order valence-corrected chi connectivity index (χ0v) is 22.6. The van der Waals surface area contributed by atoms with Crippen LogP contribution in [0.4, 0.5) is 4.39 Å². The van der Waals surface area contributed by atoms with Crippen molar-refractivity contribution in [2.75, 3.05) is 47.4 Å². The van der Waals surface area contributed by atoms with Crippen LogP contribution in [-0.4, -0.2) is 93.1 Å². The van der Waals surface area contributed by atoms with Gasteiger partial charge in [-0.15, -0.1) is 0 Å². The van der Waals surface area contributed by atoms with E-state index in [1.54, 1.807) is 48.0 Å². The summed E-state index contributed by atoms with van der Waals surface area (Å²) in [6.07, 6.45) is -0.515. The maximum absolute atomic E-state index is 13.6. The van der Waals surface area contributed by atoms with E-state index in [2.05, 4.69) is 11.8 Å². The molecular weight excluding hydrogens is 497 g/mol. The minimum absolute atomic E-state index is 0.0284. The van der Waals surface area contributed by atoms with Crippen LogP contribution in [0.5, 0.6) is 5.75 Å². The van der Waals surface area contributed by atoms with E-state index < -0.39 is 22.2 Å². The molecule has 1 N–H and O–H groups in total. The highest BCUT2D eigenvalue weighted by Gasteiger charge is 2.38. The zero-order chi connectivity index (χ0) is 27.3. The number of aliphatic hydroxyl groups excluding tert-OH is 1. The molecule has 0 aromatic heterocycles. The molecule has 37 heavy (non-hydrogen) atoms. The number of hydrogen-bond acceptors (Lipinski definition) is 6. The minimum atomic E-state index is -3.99. The maximum Gasteiger partial charge on any atom is 0.247 e. The second kappa shape index (κ2) is 12.0. The van der Waals surface area contributed by atoms with Crippen molar-refractivity contribution in [1.82, 2.24) is 14.1 Å². The lowest BCUT2D eigenvalue weighted by Gasteiger charge is -2.37. The van der Waals surface area contributed by atoms with E-state index in [-0.39, 0.29) is 54.5 Å². The molecule has 2 aromatic carbocycles. The first-order valence-corrected chi connectivity index (χ1v) is 13.5. The van der Waals surface area contributed by atoms with Crippen molar-refractivity contribution in [3.05, 3.63) is 59.4 Å². The molecule has 1 aliphatic heterocycles. The summed E-state index contributed by atoms with van der Waals surface area (Å²) in [6.45, 7) is 3.78. The smallest absolute Gasteiger partial charge is 0.247 e. The molecule has 2 aromatic rings. The third kappa shape index (κ3) is 7.08. The Morgan fingerprint density at radius 1 is 1.16 bits per heavy atom. The molecule has 0 aliphatic carbocycles. The normalized spacial score (nSPS) is 20.0. The number of sulfonamides is 1. The predicted molar refractivity (Wildman–Crippen MR) is 139 cm³/mol. The van der Waals surface area contributed by atoms with E-state index in [0.29, 0.717) is 11.1 Å². The first-order valence-electron chi connectivity index (χ1n) is 12.0. The van der Waals surface area contributed by atoms with Crippen LogP contribution in [0.3, 0.4) is 0 Å². The van der Waals surface area contributed by atoms with E-state index in [1.807, 2.05) is 21.0 Å². The second-order valence-electron chi connectivity index (χ2n) is 9.67. The Morgan fingerprint density at radius 3 is 2.41 bits per heavy atom. The van der Waals surface area contributed by atoms with Gasteiger partial charge in [0.15, 0.2) is 0 Å². The Hall–Kier alpha value is -2.97. The fraction of sp³-hybridized carbons (Fsp3) is 0.444. The molecule has 3 atom stereocenters. The molecule has 0 fully saturated rings. The fourth-order valence-corrected chi connectivity index (χ4v) is 5.79. The quantitative estimate of drug-likeness (QED) is 0.574. The second-order valence-corrected chi connectivity index (χ2v) is 11.5. The first kappa shape index (κ1) is 28.6. The highest BCUT2D eigenvalue weighted by molar-refractivity contribution is 7.89. The molecule has 1 amide bonds. The molecule has 8 nitrogen and oxygen atoms in total. The Labute approximate surface area is 218 Å². The number of rotatable bonds is 6. The summed E-state index contributed by atoms with van der Waals surface area (Å²) in [5, 5.41) is 9.79. The Kier molecular flexibility index (Phi) is 9.31. The van der Waals surface area contributed by atoms with Crippen LogP contribution >= 0.6 is 0 Å². The Balaban J connectivity index is 2.03. The van der Waals surface area contributed by atoms with Crippen molar-refractivity contribution < 1.29 is 27.4 Å². The molecule has 0 unspecified atom stereocenters. The summed E-state index contributed by atoms with van der Waals surface area (Å²) in [4.78, 5) is 15.9. The van der Waals surface area contributed by atoms with E-state index in [0.717, 1.165) is 0 Å². The fourth-order valence-electron chi connectivity index (χ4n) is 3.96. The van der Waals surface area contributed by atoms with Gasteiger partial charge >= 0.3 is 0 Å². The monoisotopic (exact) mass is 531 g/mol. The van der Waals surface area contributed by atoms with Gasteiger partial charge in [-0.3, -0.25) is 4.79 Å². The number of aliphatic hydroxyl groups is 1. The molecule has 0 radical (unpaired) electrons. The highest BCUT2D eigenvalue weighted by Crippen LogP contribution is 2.34. The zero-order valence-electron chi connectivity index (χ0n) is 21.8. The van der Waals surface area contributed by atoms with Gasteiger partial charge in [0.1, 0.15) is 22.6 Å². The van der Waals surface area contributed by atoms with E-state index in [4.69, 9.17) is 4.74 Å². The summed E-state index contributed by atoms with van der Waals surface area (Å²) >= 11 is 0. The van der Waals surface area contributed by atoms with Gasteiger partial charge in [0, 0.05) is 36.7 Å². The Morgan fingerprint density at radius 2 is 1.78 bits per heavy atom. The molecule has 200 valence electrons. The van der Waals surface area contributed by atoms with Gasteiger partial charge in [-0.05, 0) is 63.5 Å². The van der Waals surface area contributed by atoms with Gasteiger partial charge < -0.3 is 19.6 Å². The molecule has 0 bridgehead atoms. The van der Waals surface area contributed by atoms with Crippen LogP contribution in [0.1, 0.15) is 25.0 Å². The average Bonchev–Trinajstić information content (AvgIpc) is 2.84. The third-order valence-corrected chi connectivity index (χ3v) is 8.21. The molecule has 1 aliphatic rings. The third-order valence-electron chi connectivity index (χ3n) is 6.19. The lowest BCUT2D eigenvalue weighted by Crippen LogP contribution is -2.50. The van der Waals surface area contributed by atoms with Crippen LogP contribution in [0.15, 0.2) is 47.4 Å². The number of likely N-dealkylation sites (N-methyl/N-ethyl adjacent to an activating group) is 2. The van der Waals surface area contributed by atoms with Crippen LogP contribution in [0.25, 0.3) is 0 Å². The average molecular weight is 532 g/mol. The molecule has 3 rings (SSSR count). The van der Waals surface area contributed by atoms with Crippen LogP contribution < -0.4 is 4.74 Å². The lowest BCUT2D eigenvalue weighted by atomic mass is 10.0. The van der Waals surface area contributed by atoms with Gasteiger partial charge in [-0.1, -0.05) is 18.8 Å². The van der Waals surface area contributed by atoms with Crippen LogP contribution in [0, 0.1) is 23.6 Å².